The maximum Gasteiger partial charge on any atom is 0.111 e. The van der Waals surface area contributed by atoms with Gasteiger partial charge >= 0.3 is 0 Å². The Morgan fingerprint density at radius 1 is 1.56 bits per heavy atom. The number of aliphatic hydroxyl groups excluding tert-OH is 1. The molecule has 0 saturated carbocycles. The van der Waals surface area contributed by atoms with Crippen LogP contribution in [0.4, 0.5) is 0 Å². The first-order valence-electron chi connectivity index (χ1n) is 6.02. The Labute approximate surface area is 112 Å². The lowest BCUT2D eigenvalue weighted by atomic mass is 9.76. The Morgan fingerprint density at radius 2 is 2.33 bits per heavy atom. The van der Waals surface area contributed by atoms with Gasteiger partial charge in [0.25, 0.3) is 0 Å². The highest BCUT2D eigenvalue weighted by molar-refractivity contribution is 6.31. The molecule has 0 aromatic heterocycles. The molecule has 3 nitrogen and oxygen atoms in total. The van der Waals surface area contributed by atoms with Crippen molar-refractivity contribution < 1.29 is 9.84 Å². The van der Waals surface area contributed by atoms with Crippen molar-refractivity contribution in [1.29, 1.82) is 5.26 Å². The number of nitriles is 1. The fourth-order valence-electron chi connectivity index (χ4n) is 2.28. The van der Waals surface area contributed by atoms with Crippen molar-refractivity contribution in [2.45, 2.75) is 25.9 Å². The number of aryl methyl sites for hydroxylation is 1. The minimum absolute atomic E-state index is 0.274. The molecule has 1 saturated heterocycles. The molecule has 1 aromatic rings. The molecule has 1 aliphatic rings. The molecule has 18 heavy (non-hydrogen) atoms. The van der Waals surface area contributed by atoms with Crippen LogP contribution in [-0.4, -0.2) is 18.3 Å². The van der Waals surface area contributed by atoms with Gasteiger partial charge in [0.1, 0.15) is 5.41 Å². The topological polar surface area (TPSA) is 53.2 Å². The van der Waals surface area contributed by atoms with E-state index in [1.165, 1.54) is 0 Å². The molecule has 1 fully saturated rings. The highest BCUT2D eigenvalue weighted by atomic mass is 35.5. The molecule has 0 spiro atoms. The Balaban J connectivity index is 2.31. The molecule has 0 bridgehead atoms. The van der Waals surface area contributed by atoms with Gasteiger partial charge in [0.2, 0.25) is 0 Å². The standard InChI is InChI=1S/C14H16ClNO2/c1-10-3-4-11(7-12(10)15)13(17)14(8-16)5-2-6-18-9-14/h3-4,7,13,17H,2,5-6,9H2,1H3. The summed E-state index contributed by atoms with van der Waals surface area (Å²) >= 11 is 6.06. The number of hydrogen-bond donors (Lipinski definition) is 1. The van der Waals surface area contributed by atoms with E-state index in [9.17, 15) is 10.4 Å². The van der Waals surface area contributed by atoms with Gasteiger partial charge in [0.15, 0.2) is 0 Å². The molecule has 0 amide bonds. The number of halogens is 1. The van der Waals surface area contributed by atoms with Crippen molar-refractivity contribution >= 4 is 11.6 Å². The highest BCUT2D eigenvalue weighted by Crippen LogP contribution is 2.41. The minimum atomic E-state index is -0.860. The molecular formula is C14H16ClNO2. The largest absolute Gasteiger partial charge is 0.387 e. The second kappa shape index (κ2) is 5.27. The first-order valence-corrected chi connectivity index (χ1v) is 6.40. The van der Waals surface area contributed by atoms with Crippen LogP contribution in [-0.2, 0) is 4.74 Å². The van der Waals surface area contributed by atoms with E-state index in [0.29, 0.717) is 23.6 Å². The van der Waals surface area contributed by atoms with Gasteiger partial charge in [-0.1, -0.05) is 23.7 Å². The fourth-order valence-corrected chi connectivity index (χ4v) is 2.47. The first-order chi connectivity index (χ1) is 8.59. The van der Waals surface area contributed by atoms with E-state index < -0.39 is 11.5 Å². The van der Waals surface area contributed by atoms with Crippen LogP contribution in [0.5, 0.6) is 0 Å². The predicted octanol–water partition coefficient (Wildman–Crippen LogP) is 3.00. The molecular weight excluding hydrogens is 250 g/mol. The lowest BCUT2D eigenvalue weighted by molar-refractivity contribution is -0.0505. The van der Waals surface area contributed by atoms with Crippen molar-refractivity contribution in [1.82, 2.24) is 0 Å². The highest BCUT2D eigenvalue weighted by Gasteiger charge is 2.41. The molecule has 96 valence electrons. The van der Waals surface area contributed by atoms with Gasteiger partial charge in [-0.15, -0.1) is 0 Å². The number of ether oxygens (including phenoxy) is 1. The zero-order valence-corrected chi connectivity index (χ0v) is 11.1. The van der Waals surface area contributed by atoms with E-state index in [1.807, 2.05) is 19.1 Å². The zero-order valence-electron chi connectivity index (χ0n) is 10.3. The predicted molar refractivity (Wildman–Crippen MR) is 69.2 cm³/mol. The Kier molecular flexibility index (Phi) is 3.91. The van der Waals surface area contributed by atoms with Crippen LogP contribution >= 0.6 is 11.6 Å². The third kappa shape index (κ3) is 2.37. The van der Waals surface area contributed by atoms with Gasteiger partial charge in [-0.3, -0.25) is 0 Å². The summed E-state index contributed by atoms with van der Waals surface area (Å²) in [6, 6.07) is 7.64. The van der Waals surface area contributed by atoms with Gasteiger partial charge < -0.3 is 9.84 Å². The molecule has 1 heterocycles. The number of benzene rings is 1. The molecule has 2 atom stereocenters. The van der Waals surface area contributed by atoms with E-state index in [0.717, 1.165) is 12.0 Å². The summed E-state index contributed by atoms with van der Waals surface area (Å²) in [4.78, 5) is 0. The molecule has 1 aromatic carbocycles. The van der Waals surface area contributed by atoms with Crippen LogP contribution in [0.2, 0.25) is 5.02 Å². The van der Waals surface area contributed by atoms with Crippen LogP contribution in [0.15, 0.2) is 18.2 Å². The van der Waals surface area contributed by atoms with Gasteiger partial charge in [-0.25, -0.2) is 0 Å². The lowest BCUT2D eigenvalue weighted by Gasteiger charge is -2.35. The Morgan fingerprint density at radius 3 is 2.89 bits per heavy atom. The second-order valence-electron chi connectivity index (χ2n) is 4.84. The molecule has 0 radical (unpaired) electrons. The summed E-state index contributed by atoms with van der Waals surface area (Å²) in [7, 11) is 0. The average Bonchev–Trinajstić information content (AvgIpc) is 2.42. The Bertz CT molecular complexity index is 475. The molecule has 1 N–H and O–H groups in total. The van der Waals surface area contributed by atoms with Crippen molar-refractivity contribution in [2.75, 3.05) is 13.2 Å². The summed E-state index contributed by atoms with van der Waals surface area (Å²) in [6.45, 7) is 2.84. The Hall–Kier alpha value is -1.08. The van der Waals surface area contributed by atoms with Gasteiger partial charge in [-0.2, -0.15) is 5.26 Å². The van der Waals surface area contributed by atoms with Crippen molar-refractivity contribution in [3.63, 3.8) is 0 Å². The van der Waals surface area contributed by atoms with Gasteiger partial charge in [0.05, 0.1) is 18.8 Å². The lowest BCUT2D eigenvalue weighted by Crippen LogP contribution is -2.36. The fraction of sp³-hybridized carbons (Fsp3) is 0.500. The summed E-state index contributed by atoms with van der Waals surface area (Å²) in [6.07, 6.45) is 0.585. The van der Waals surface area contributed by atoms with E-state index in [2.05, 4.69) is 6.07 Å². The van der Waals surface area contributed by atoms with E-state index in [-0.39, 0.29) is 6.61 Å². The van der Waals surface area contributed by atoms with Crippen molar-refractivity contribution in [2.24, 2.45) is 5.41 Å². The second-order valence-corrected chi connectivity index (χ2v) is 5.24. The van der Waals surface area contributed by atoms with Gasteiger partial charge in [-0.05, 0) is 37.0 Å². The number of rotatable bonds is 2. The van der Waals surface area contributed by atoms with E-state index >= 15 is 0 Å². The quantitative estimate of drug-likeness (QED) is 0.894. The van der Waals surface area contributed by atoms with Crippen LogP contribution in [0, 0.1) is 23.7 Å². The minimum Gasteiger partial charge on any atom is -0.387 e. The maximum atomic E-state index is 10.4. The summed E-state index contributed by atoms with van der Waals surface area (Å²) in [5.74, 6) is 0. The monoisotopic (exact) mass is 265 g/mol. The van der Waals surface area contributed by atoms with Crippen molar-refractivity contribution in [3.8, 4) is 6.07 Å². The summed E-state index contributed by atoms with van der Waals surface area (Å²) in [5, 5.41) is 20.4. The number of nitrogens with zero attached hydrogens (tertiary/aromatic N) is 1. The SMILES string of the molecule is Cc1ccc(C(O)C2(C#N)CCCOC2)cc1Cl. The van der Waals surface area contributed by atoms with Crippen molar-refractivity contribution in [3.05, 3.63) is 34.3 Å². The molecule has 4 heteroatoms. The van der Waals surface area contributed by atoms with Crippen LogP contribution in [0.25, 0.3) is 0 Å². The van der Waals surface area contributed by atoms with E-state index in [1.54, 1.807) is 6.07 Å². The van der Waals surface area contributed by atoms with E-state index in [4.69, 9.17) is 16.3 Å². The molecule has 2 unspecified atom stereocenters. The third-order valence-corrected chi connectivity index (χ3v) is 3.94. The third-order valence-electron chi connectivity index (χ3n) is 3.53. The van der Waals surface area contributed by atoms with Crippen LogP contribution in [0.1, 0.15) is 30.1 Å². The number of hydrogen-bond acceptors (Lipinski definition) is 3. The number of aliphatic hydroxyl groups is 1. The smallest absolute Gasteiger partial charge is 0.111 e. The average molecular weight is 266 g/mol. The molecule has 0 aliphatic carbocycles. The maximum absolute atomic E-state index is 10.4. The molecule has 2 rings (SSSR count). The summed E-state index contributed by atoms with van der Waals surface area (Å²) < 4.78 is 5.36. The van der Waals surface area contributed by atoms with Crippen LogP contribution in [0.3, 0.4) is 0 Å². The van der Waals surface area contributed by atoms with Gasteiger partial charge in [0, 0.05) is 11.6 Å². The molecule has 1 aliphatic heterocycles. The first kappa shape index (κ1) is 13.4. The normalized spacial score (nSPS) is 25.4. The zero-order chi connectivity index (χ0) is 13.2. The summed E-state index contributed by atoms with van der Waals surface area (Å²) in [5.41, 5.74) is 0.785. The van der Waals surface area contributed by atoms with Crippen LogP contribution < -0.4 is 0 Å².